The first kappa shape index (κ1) is 38.9. The smallest absolute Gasteiger partial charge is 0.408 e. The van der Waals surface area contributed by atoms with Crippen molar-refractivity contribution in [3.05, 3.63) is 36.5 Å². The maximum Gasteiger partial charge on any atom is 0.408 e. The van der Waals surface area contributed by atoms with Crippen molar-refractivity contribution in [2.45, 2.75) is 120 Å². The van der Waals surface area contributed by atoms with Crippen LogP contribution >= 0.6 is 0 Å². The first-order chi connectivity index (χ1) is 27.7. The van der Waals surface area contributed by atoms with Gasteiger partial charge in [0.1, 0.15) is 43.0 Å². The summed E-state index contributed by atoms with van der Waals surface area (Å²) in [6, 6.07) is 3.30. The molecule has 1 aromatic heterocycles. The first-order valence-electron chi connectivity index (χ1n) is 20.9. The summed E-state index contributed by atoms with van der Waals surface area (Å²) < 4.78 is 51.8. The number of alkyl carbamates (subject to hydrolysis) is 1. The van der Waals surface area contributed by atoms with Crippen molar-refractivity contribution in [2.75, 3.05) is 19.8 Å². The van der Waals surface area contributed by atoms with Crippen LogP contribution in [0.25, 0.3) is 10.8 Å². The Balaban J connectivity index is 1.02. The maximum absolute atomic E-state index is 14.9. The highest BCUT2D eigenvalue weighted by molar-refractivity contribution is 7.91. The van der Waals surface area contributed by atoms with Crippen molar-refractivity contribution >= 4 is 44.6 Å². The second-order valence-electron chi connectivity index (χ2n) is 18.1. The number of hydrogen-bond donors (Lipinski definition) is 3. The van der Waals surface area contributed by atoms with E-state index in [1.807, 2.05) is 31.2 Å². The molecular formula is C42H53N5O10S. The Kier molecular flexibility index (Phi) is 9.79. The average Bonchev–Trinajstić information content (AvgIpc) is 4.15. The summed E-state index contributed by atoms with van der Waals surface area (Å²) in [6.07, 6.45) is 9.92. The Bertz CT molecular complexity index is 2150. The number of amides is 4. The van der Waals surface area contributed by atoms with Crippen molar-refractivity contribution in [3.8, 4) is 17.4 Å². The van der Waals surface area contributed by atoms with Gasteiger partial charge in [0.15, 0.2) is 11.5 Å². The summed E-state index contributed by atoms with van der Waals surface area (Å²) >= 11 is 0. The third-order valence-electron chi connectivity index (χ3n) is 13.7. The molecule has 1 saturated heterocycles. The Labute approximate surface area is 338 Å². The lowest BCUT2D eigenvalue weighted by Gasteiger charge is -2.33. The molecule has 4 amide bonds. The van der Waals surface area contributed by atoms with Crippen LogP contribution in [0.15, 0.2) is 36.5 Å². The average molecular weight is 820 g/mol. The van der Waals surface area contributed by atoms with Gasteiger partial charge in [-0.1, -0.05) is 26.0 Å². The Hall–Kier alpha value is -4.60. The zero-order chi connectivity index (χ0) is 40.6. The van der Waals surface area contributed by atoms with E-state index in [9.17, 15) is 27.6 Å². The van der Waals surface area contributed by atoms with E-state index in [1.165, 1.54) is 11.3 Å². The standard InChI is InChI=1S/C42H53N5O10S/c1-23-6-4-5-7-27-21-42(27,39(50)46-58(52,53)41(3)11-12-41)45-36(48)32-20-29(56-37-31-8-9-33-35(55-15-14-54-33)30(31)10-13-43-37)22-47(32)38(49)34(24(2)16-23)44-40(51)57-28-18-25-17-26(25)19-28/h5,7-10,13,23-29,32,34H,4,6,11-12,14-22H2,1-3H3,(H,44,51)(H,45,48)(H,46,50)/b7-5-/t23-,24-,25-,26+,27-,28+,29-,32+,34+,42-/m1/s1. The van der Waals surface area contributed by atoms with E-state index in [0.717, 1.165) is 24.6 Å². The minimum atomic E-state index is -4.00. The fourth-order valence-electron chi connectivity index (χ4n) is 9.65. The minimum Gasteiger partial charge on any atom is -0.486 e. The van der Waals surface area contributed by atoms with Crippen LogP contribution in [0, 0.1) is 29.6 Å². The molecule has 3 N–H and O–H groups in total. The summed E-state index contributed by atoms with van der Waals surface area (Å²) in [5.74, 6) is 0.200. The summed E-state index contributed by atoms with van der Waals surface area (Å²) in [7, 11) is -4.00. The van der Waals surface area contributed by atoms with Crippen molar-refractivity contribution in [3.63, 3.8) is 0 Å². The highest BCUT2D eigenvalue weighted by atomic mass is 32.2. The number of allylic oxidation sites excluding steroid dienone is 1. The Morgan fingerprint density at radius 3 is 2.53 bits per heavy atom. The molecule has 16 heteroatoms. The van der Waals surface area contributed by atoms with Crippen molar-refractivity contribution in [1.29, 1.82) is 0 Å². The number of benzene rings is 1. The fraction of sp³-hybridized carbons (Fsp3) is 0.643. The minimum absolute atomic E-state index is 0.0176. The second-order valence-corrected chi connectivity index (χ2v) is 20.3. The molecule has 312 valence electrons. The van der Waals surface area contributed by atoms with E-state index in [1.54, 1.807) is 19.2 Å². The molecule has 0 unspecified atom stereocenters. The summed E-state index contributed by atoms with van der Waals surface area (Å²) in [5, 5.41) is 7.25. The highest BCUT2D eigenvalue weighted by Crippen LogP contribution is 2.53. The Morgan fingerprint density at radius 2 is 1.76 bits per heavy atom. The molecule has 1 aromatic carbocycles. The molecule has 0 radical (unpaired) electrons. The van der Waals surface area contributed by atoms with Crippen molar-refractivity contribution in [2.24, 2.45) is 29.6 Å². The SMILES string of the molecule is C[C@@H]1CC/C=C\[C@@H]2C[C@@]2(C(=O)NS(=O)(=O)C2(C)CC2)NC(=O)[C@@H]2C[C@@H](Oc3nccc4c5c(ccc34)OCCO5)CN2C(=O)[C@@H](NC(=O)O[C@@H]2C[C@@H]3C[C@@H]3C2)[C@H](C)C1. The van der Waals surface area contributed by atoms with E-state index in [0.29, 0.717) is 67.6 Å². The van der Waals surface area contributed by atoms with Crippen molar-refractivity contribution < 1.29 is 46.5 Å². The summed E-state index contributed by atoms with van der Waals surface area (Å²) in [4.78, 5) is 63.0. The zero-order valence-corrected chi connectivity index (χ0v) is 34.1. The van der Waals surface area contributed by atoms with Gasteiger partial charge in [-0.15, -0.1) is 0 Å². The summed E-state index contributed by atoms with van der Waals surface area (Å²) in [5.41, 5.74) is -1.53. The van der Waals surface area contributed by atoms with Crippen LogP contribution < -0.4 is 29.6 Å². The lowest BCUT2D eigenvalue weighted by molar-refractivity contribution is -0.142. The predicted octanol–water partition coefficient (Wildman–Crippen LogP) is 4.13. The van der Waals surface area contributed by atoms with E-state index >= 15 is 0 Å². The highest BCUT2D eigenvalue weighted by Gasteiger charge is 2.63. The molecule has 4 heterocycles. The number of pyridine rings is 1. The van der Waals surface area contributed by atoms with Gasteiger partial charge in [0.05, 0.1) is 11.3 Å². The van der Waals surface area contributed by atoms with Gasteiger partial charge in [-0.25, -0.2) is 18.2 Å². The molecule has 4 saturated carbocycles. The van der Waals surface area contributed by atoms with Crippen LogP contribution in [0.2, 0.25) is 0 Å². The van der Waals surface area contributed by atoms with Gasteiger partial charge in [-0.3, -0.25) is 19.1 Å². The van der Waals surface area contributed by atoms with Gasteiger partial charge in [0.25, 0.3) is 5.91 Å². The number of aromatic nitrogens is 1. The molecule has 4 aliphatic carbocycles. The largest absolute Gasteiger partial charge is 0.486 e. The monoisotopic (exact) mass is 819 g/mol. The Morgan fingerprint density at radius 1 is 0.983 bits per heavy atom. The molecule has 0 spiro atoms. The van der Waals surface area contributed by atoms with Crippen LogP contribution in [-0.2, 0) is 29.1 Å². The van der Waals surface area contributed by atoms with Gasteiger partial charge in [0.2, 0.25) is 27.7 Å². The third-order valence-corrected chi connectivity index (χ3v) is 15.8. The van der Waals surface area contributed by atoms with Crippen LogP contribution in [0.5, 0.6) is 17.4 Å². The predicted molar refractivity (Wildman–Crippen MR) is 210 cm³/mol. The lowest BCUT2D eigenvalue weighted by atomic mass is 9.88. The molecular weight excluding hydrogens is 767 g/mol. The number of nitrogens with one attached hydrogen (secondary N) is 3. The topological polar surface area (TPSA) is 192 Å². The first-order valence-corrected chi connectivity index (χ1v) is 22.4. The quantitative estimate of drug-likeness (QED) is 0.341. The van der Waals surface area contributed by atoms with Gasteiger partial charge in [0, 0.05) is 29.3 Å². The number of nitrogens with zero attached hydrogens (tertiary/aromatic N) is 2. The second kappa shape index (κ2) is 14.6. The van der Waals surface area contributed by atoms with Gasteiger partial charge < -0.3 is 34.5 Å². The number of carbonyl (C=O) groups excluding carboxylic acids is 4. The van der Waals surface area contributed by atoms with Gasteiger partial charge in [-0.05, 0) is 107 Å². The zero-order valence-electron chi connectivity index (χ0n) is 33.2. The summed E-state index contributed by atoms with van der Waals surface area (Å²) in [6.45, 7) is 6.44. The van der Waals surface area contributed by atoms with Crippen LogP contribution in [-0.4, -0.2) is 96.5 Å². The number of sulfonamides is 1. The molecule has 2 aromatic rings. The van der Waals surface area contributed by atoms with Gasteiger partial charge in [-0.2, -0.15) is 0 Å². The number of ether oxygens (including phenoxy) is 4. The number of hydrogen-bond acceptors (Lipinski definition) is 11. The molecule has 7 aliphatic rings. The number of carbonyl (C=O) groups is 4. The van der Waals surface area contributed by atoms with Crippen LogP contribution in [0.3, 0.4) is 0 Å². The van der Waals surface area contributed by atoms with Gasteiger partial charge >= 0.3 is 6.09 Å². The van der Waals surface area contributed by atoms with E-state index in [4.69, 9.17) is 18.9 Å². The fourth-order valence-corrected chi connectivity index (χ4v) is 11.0. The maximum atomic E-state index is 14.9. The number of rotatable bonds is 7. The van der Waals surface area contributed by atoms with E-state index < -0.39 is 68.2 Å². The number of fused-ring (bicyclic) bond motifs is 6. The molecule has 3 aliphatic heterocycles. The molecule has 15 nitrogen and oxygen atoms in total. The molecule has 58 heavy (non-hydrogen) atoms. The van der Waals surface area contributed by atoms with E-state index in [-0.39, 0.29) is 43.2 Å². The van der Waals surface area contributed by atoms with Crippen LogP contribution in [0.4, 0.5) is 4.79 Å². The van der Waals surface area contributed by atoms with Crippen molar-refractivity contribution in [1.82, 2.24) is 25.2 Å². The molecule has 5 fully saturated rings. The van der Waals surface area contributed by atoms with E-state index in [2.05, 4.69) is 27.3 Å². The molecule has 10 atom stereocenters. The normalized spacial score (nSPS) is 35.5. The lowest BCUT2D eigenvalue weighted by Crippen LogP contribution is -2.59. The van der Waals surface area contributed by atoms with Crippen LogP contribution in [0.1, 0.15) is 85.0 Å². The third kappa shape index (κ3) is 7.34. The molecule has 0 bridgehead atoms. The molecule has 9 rings (SSSR count).